The minimum atomic E-state index is -0.0931. The molecule has 1 fully saturated rings. The Bertz CT molecular complexity index is 193. The molecule has 1 saturated carbocycles. The van der Waals surface area contributed by atoms with E-state index in [0.717, 1.165) is 25.7 Å². The summed E-state index contributed by atoms with van der Waals surface area (Å²) in [5, 5.41) is 11.7. The minimum absolute atomic E-state index is 0.0931. The monoisotopic (exact) mass is 169 g/mol. The normalized spacial score (nSPS) is 20.9. The van der Waals surface area contributed by atoms with E-state index in [1.54, 1.807) is 0 Å². The third kappa shape index (κ3) is 2.06. The smallest absolute Gasteiger partial charge is 0.177 e. The zero-order valence-corrected chi connectivity index (χ0v) is 7.42. The van der Waals surface area contributed by atoms with E-state index in [4.69, 9.17) is 5.21 Å². The van der Waals surface area contributed by atoms with Crippen LogP contribution in [0.5, 0.6) is 0 Å². The van der Waals surface area contributed by atoms with E-state index in [0.29, 0.717) is 5.71 Å². The second kappa shape index (κ2) is 4.24. The van der Waals surface area contributed by atoms with Gasteiger partial charge >= 0.3 is 0 Å². The van der Waals surface area contributed by atoms with E-state index < -0.39 is 0 Å². The molecule has 1 rings (SSSR count). The standard InChI is InChI=1S/C9H15NO2/c1-7(11)9(10-12)8-5-3-2-4-6-8/h8,12H,2-6H2,1H3. The van der Waals surface area contributed by atoms with Gasteiger partial charge in [0, 0.05) is 12.8 Å². The van der Waals surface area contributed by atoms with Crippen molar-refractivity contribution < 1.29 is 10.0 Å². The number of rotatable bonds is 2. The quantitative estimate of drug-likeness (QED) is 0.390. The van der Waals surface area contributed by atoms with Crippen molar-refractivity contribution in [1.29, 1.82) is 0 Å². The van der Waals surface area contributed by atoms with Crippen LogP contribution in [0.1, 0.15) is 39.0 Å². The molecule has 68 valence electrons. The lowest BCUT2D eigenvalue weighted by molar-refractivity contribution is -0.111. The molecule has 1 N–H and O–H groups in total. The number of hydrogen-bond acceptors (Lipinski definition) is 3. The van der Waals surface area contributed by atoms with Crippen LogP contribution in [-0.2, 0) is 4.79 Å². The Morgan fingerprint density at radius 3 is 2.33 bits per heavy atom. The van der Waals surface area contributed by atoms with Crippen molar-refractivity contribution in [3.63, 3.8) is 0 Å². The zero-order valence-electron chi connectivity index (χ0n) is 7.42. The van der Waals surface area contributed by atoms with E-state index >= 15 is 0 Å². The van der Waals surface area contributed by atoms with Crippen LogP contribution in [0.15, 0.2) is 5.16 Å². The molecule has 0 heterocycles. The Labute approximate surface area is 72.5 Å². The first-order valence-electron chi connectivity index (χ1n) is 4.48. The molecule has 3 nitrogen and oxygen atoms in total. The maximum absolute atomic E-state index is 11.0. The average Bonchev–Trinajstić information content (AvgIpc) is 2.07. The first kappa shape index (κ1) is 9.23. The molecule has 1 aliphatic rings. The first-order valence-corrected chi connectivity index (χ1v) is 4.48. The van der Waals surface area contributed by atoms with Crippen LogP contribution in [0.4, 0.5) is 0 Å². The lowest BCUT2D eigenvalue weighted by atomic mass is 9.84. The average molecular weight is 169 g/mol. The number of nitrogens with zero attached hydrogens (tertiary/aromatic N) is 1. The fourth-order valence-electron chi connectivity index (χ4n) is 1.82. The van der Waals surface area contributed by atoms with E-state index in [1.165, 1.54) is 13.3 Å². The van der Waals surface area contributed by atoms with Gasteiger partial charge in [-0.15, -0.1) is 0 Å². The molecule has 0 saturated heterocycles. The summed E-state index contributed by atoms with van der Waals surface area (Å²) in [7, 11) is 0. The zero-order chi connectivity index (χ0) is 8.97. The number of hydrogen-bond donors (Lipinski definition) is 1. The van der Waals surface area contributed by atoms with Crippen molar-refractivity contribution in [1.82, 2.24) is 0 Å². The molecule has 0 amide bonds. The molecule has 3 heteroatoms. The highest BCUT2D eigenvalue weighted by Gasteiger charge is 2.22. The van der Waals surface area contributed by atoms with Crippen LogP contribution in [0, 0.1) is 5.92 Å². The maximum Gasteiger partial charge on any atom is 0.177 e. The molecule has 0 aliphatic heterocycles. The van der Waals surface area contributed by atoms with Crippen LogP contribution in [0.3, 0.4) is 0 Å². The van der Waals surface area contributed by atoms with E-state index in [1.807, 2.05) is 0 Å². The number of ketones is 1. The topological polar surface area (TPSA) is 49.7 Å². The fraction of sp³-hybridized carbons (Fsp3) is 0.778. The molecule has 0 unspecified atom stereocenters. The van der Waals surface area contributed by atoms with Gasteiger partial charge in [-0.2, -0.15) is 0 Å². The number of carbonyl (C=O) groups is 1. The van der Waals surface area contributed by atoms with Gasteiger partial charge in [0.05, 0.1) is 0 Å². The summed E-state index contributed by atoms with van der Waals surface area (Å²) in [6, 6.07) is 0. The molecule has 0 aromatic carbocycles. The highest BCUT2D eigenvalue weighted by Crippen LogP contribution is 2.25. The summed E-state index contributed by atoms with van der Waals surface area (Å²) in [6.07, 6.45) is 5.54. The van der Waals surface area contributed by atoms with Gasteiger partial charge in [0.2, 0.25) is 0 Å². The van der Waals surface area contributed by atoms with Gasteiger partial charge in [0.25, 0.3) is 0 Å². The van der Waals surface area contributed by atoms with E-state index in [-0.39, 0.29) is 11.7 Å². The summed E-state index contributed by atoms with van der Waals surface area (Å²) in [5.74, 6) is 0.116. The van der Waals surface area contributed by atoms with E-state index in [9.17, 15) is 4.79 Å². The van der Waals surface area contributed by atoms with Gasteiger partial charge in [-0.25, -0.2) is 0 Å². The van der Waals surface area contributed by atoms with E-state index in [2.05, 4.69) is 5.16 Å². The molecule has 12 heavy (non-hydrogen) atoms. The summed E-state index contributed by atoms with van der Waals surface area (Å²) in [6.45, 7) is 1.46. The fourth-order valence-corrected chi connectivity index (χ4v) is 1.82. The predicted octanol–water partition coefficient (Wildman–Crippen LogP) is 1.99. The third-order valence-electron chi connectivity index (χ3n) is 2.46. The SMILES string of the molecule is CC(=O)C(=NO)C1CCCCC1. The number of carbonyl (C=O) groups excluding carboxylic acids is 1. The van der Waals surface area contributed by atoms with Crippen molar-refractivity contribution in [3.8, 4) is 0 Å². The Morgan fingerprint density at radius 1 is 1.33 bits per heavy atom. The van der Waals surface area contributed by atoms with Crippen molar-refractivity contribution in [2.24, 2.45) is 11.1 Å². The lowest BCUT2D eigenvalue weighted by Gasteiger charge is -2.20. The Kier molecular flexibility index (Phi) is 3.26. The minimum Gasteiger partial charge on any atom is -0.411 e. The van der Waals surface area contributed by atoms with Crippen molar-refractivity contribution in [2.75, 3.05) is 0 Å². The van der Waals surface area contributed by atoms with Crippen LogP contribution in [0.25, 0.3) is 0 Å². The summed E-state index contributed by atoms with van der Waals surface area (Å²) in [4.78, 5) is 11.0. The number of oxime groups is 1. The molecular formula is C9H15NO2. The maximum atomic E-state index is 11.0. The van der Waals surface area contributed by atoms with Crippen LogP contribution in [0.2, 0.25) is 0 Å². The van der Waals surface area contributed by atoms with Gasteiger partial charge in [0.1, 0.15) is 5.71 Å². The summed E-state index contributed by atoms with van der Waals surface area (Å²) < 4.78 is 0. The molecule has 0 radical (unpaired) electrons. The molecule has 0 aromatic rings. The second-order valence-corrected chi connectivity index (χ2v) is 3.38. The molecular weight excluding hydrogens is 154 g/mol. The predicted molar refractivity (Wildman–Crippen MR) is 46.5 cm³/mol. The highest BCUT2D eigenvalue weighted by molar-refractivity contribution is 6.39. The van der Waals surface area contributed by atoms with Crippen LogP contribution < -0.4 is 0 Å². The van der Waals surface area contributed by atoms with Crippen molar-refractivity contribution in [3.05, 3.63) is 0 Å². The molecule has 0 spiro atoms. The Morgan fingerprint density at radius 2 is 1.92 bits per heavy atom. The summed E-state index contributed by atoms with van der Waals surface area (Å²) in [5.41, 5.74) is 0.370. The largest absolute Gasteiger partial charge is 0.411 e. The van der Waals surface area contributed by atoms with Gasteiger partial charge < -0.3 is 5.21 Å². The third-order valence-corrected chi connectivity index (χ3v) is 2.46. The second-order valence-electron chi connectivity index (χ2n) is 3.38. The van der Waals surface area contributed by atoms with Crippen molar-refractivity contribution >= 4 is 11.5 Å². The first-order chi connectivity index (χ1) is 5.75. The highest BCUT2D eigenvalue weighted by atomic mass is 16.4. The Hall–Kier alpha value is -0.860. The molecule has 0 bridgehead atoms. The van der Waals surface area contributed by atoms with Gasteiger partial charge in [-0.05, 0) is 12.8 Å². The molecule has 0 atom stereocenters. The van der Waals surface area contributed by atoms with Gasteiger partial charge in [-0.1, -0.05) is 24.4 Å². The van der Waals surface area contributed by atoms with Gasteiger partial charge in [-0.3, -0.25) is 4.79 Å². The lowest BCUT2D eigenvalue weighted by Crippen LogP contribution is -2.23. The number of Topliss-reactive ketones (excluding diaryl/α,β-unsaturated/α-hetero) is 1. The van der Waals surface area contributed by atoms with Crippen molar-refractivity contribution in [2.45, 2.75) is 39.0 Å². The Balaban J connectivity index is 2.59. The van der Waals surface area contributed by atoms with Gasteiger partial charge in [0.15, 0.2) is 5.78 Å². The summed E-state index contributed by atoms with van der Waals surface area (Å²) >= 11 is 0. The molecule has 1 aliphatic carbocycles. The van der Waals surface area contributed by atoms with Crippen LogP contribution in [-0.4, -0.2) is 16.7 Å². The molecule has 0 aromatic heterocycles. The van der Waals surface area contributed by atoms with Crippen LogP contribution >= 0.6 is 0 Å².